The van der Waals surface area contributed by atoms with Gasteiger partial charge in [0.25, 0.3) is 0 Å². The highest BCUT2D eigenvalue weighted by Gasteiger charge is 2.35. The van der Waals surface area contributed by atoms with Crippen LogP contribution in [0.2, 0.25) is 0 Å². The molecule has 0 heterocycles. The molecular weight excluding hydrogens is 238 g/mol. The Balaban J connectivity index is 3.26. The zero-order valence-corrected chi connectivity index (χ0v) is 12.8. The highest BCUT2D eigenvalue weighted by atomic mass is 16.5. The molecule has 0 aliphatic heterocycles. The maximum absolute atomic E-state index is 12.1. The van der Waals surface area contributed by atoms with Crippen LogP contribution in [0.3, 0.4) is 0 Å². The number of hydrogen-bond acceptors (Lipinski definition) is 3. The second-order valence-corrected chi connectivity index (χ2v) is 5.56. The Labute approximate surface area is 116 Å². The van der Waals surface area contributed by atoms with Gasteiger partial charge in [0, 0.05) is 6.04 Å². The molecule has 0 aliphatic carbocycles. The molecule has 2 unspecified atom stereocenters. The van der Waals surface area contributed by atoms with E-state index in [-0.39, 0.29) is 23.8 Å². The molecule has 0 saturated carbocycles. The van der Waals surface area contributed by atoms with E-state index in [0.29, 0.717) is 0 Å². The molecule has 0 aromatic heterocycles. The maximum atomic E-state index is 12.1. The second kappa shape index (κ2) is 6.71. The molecule has 0 aliphatic rings. The van der Waals surface area contributed by atoms with Crippen LogP contribution in [0.25, 0.3) is 0 Å². The van der Waals surface area contributed by atoms with Gasteiger partial charge in [-0.15, -0.1) is 0 Å². The number of benzene rings is 1. The van der Waals surface area contributed by atoms with Crippen molar-refractivity contribution in [3.63, 3.8) is 0 Å². The van der Waals surface area contributed by atoms with Crippen molar-refractivity contribution < 1.29 is 9.53 Å². The van der Waals surface area contributed by atoms with Crippen molar-refractivity contribution in [3.05, 3.63) is 35.4 Å². The summed E-state index contributed by atoms with van der Waals surface area (Å²) in [6.45, 7) is 6.22. The third kappa shape index (κ3) is 3.57. The first-order valence-corrected chi connectivity index (χ1v) is 6.70. The van der Waals surface area contributed by atoms with Crippen LogP contribution >= 0.6 is 0 Å². The maximum Gasteiger partial charge on any atom is 0.310 e. The molecule has 2 atom stereocenters. The molecule has 3 heteroatoms. The number of hydrogen-bond donors (Lipinski definition) is 0. The molecular formula is C16H25NO2. The lowest BCUT2D eigenvalue weighted by molar-refractivity contribution is -0.149. The van der Waals surface area contributed by atoms with Crippen LogP contribution in [0.5, 0.6) is 0 Å². The number of ether oxygens (including phenoxy) is 1. The number of carbonyl (C=O) groups excluding carboxylic acids is 1. The van der Waals surface area contributed by atoms with E-state index in [1.54, 1.807) is 0 Å². The van der Waals surface area contributed by atoms with Gasteiger partial charge in [0.2, 0.25) is 0 Å². The van der Waals surface area contributed by atoms with Gasteiger partial charge in [0.05, 0.1) is 13.0 Å². The quantitative estimate of drug-likeness (QED) is 0.765. The van der Waals surface area contributed by atoms with Gasteiger partial charge in [0.1, 0.15) is 0 Å². The van der Waals surface area contributed by atoms with Crippen molar-refractivity contribution in [1.82, 2.24) is 4.90 Å². The van der Waals surface area contributed by atoms with Gasteiger partial charge in [-0.25, -0.2) is 0 Å². The molecule has 1 rings (SSSR count). The SMILES string of the molecule is COC(=O)C(C(C)C)C(c1ccccc1C)N(C)C. The molecule has 0 amide bonds. The van der Waals surface area contributed by atoms with E-state index in [9.17, 15) is 4.79 Å². The summed E-state index contributed by atoms with van der Waals surface area (Å²) in [6, 6.07) is 8.26. The average molecular weight is 263 g/mol. The topological polar surface area (TPSA) is 29.5 Å². The first-order valence-electron chi connectivity index (χ1n) is 6.70. The zero-order chi connectivity index (χ0) is 14.6. The number of methoxy groups -OCH3 is 1. The Kier molecular flexibility index (Phi) is 5.55. The number of nitrogens with zero attached hydrogens (tertiary/aromatic N) is 1. The third-order valence-corrected chi connectivity index (χ3v) is 3.60. The summed E-state index contributed by atoms with van der Waals surface area (Å²) in [4.78, 5) is 14.2. The van der Waals surface area contributed by atoms with Gasteiger partial charge in [-0.2, -0.15) is 0 Å². The van der Waals surface area contributed by atoms with Crippen LogP contribution in [0.1, 0.15) is 31.0 Å². The Bertz CT molecular complexity index is 427. The summed E-state index contributed by atoms with van der Waals surface area (Å²) in [5.74, 6) is -0.0856. The molecule has 0 saturated heterocycles. The zero-order valence-electron chi connectivity index (χ0n) is 12.8. The summed E-state index contributed by atoms with van der Waals surface area (Å²) in [5.41, 5.74) is 2.40. The highest BCUT2D eigenvalue weighted by molar-refractivity contribution is 5.74. The van der Waals surface area contributed by atoms with Crippen molar-refractivity contribution in [1.29, 1.82) is 0 Å². The lowest BCUT2D eigenvalue weighted by Crippen LogP contribution is -2.36. The summed E-state index contributed by atoms with van der Waals surface area (Å²) < 4.78 is 5.00. The van der Waals surface area contributed by atoms with Gasteiger partial charge < -0.3 is 9.64 Å². The lowest BCUT2D eigenvalue weighted by Gasteiger charge is -2.34. The molecule has 19 heavy (non-hydrogen) atoms. The van der Waals surface area contributed by atoms with Gasteiger partial charge in [-0.1, -0.05) is 38.1 Å². The molecule has 1 aromatic rings. The van der Waals surface area contributed by atoms with Crippen molar-refractivity contribution in [2.45, 2.75) is 26.8 Å². The number of esters is 1. The minimum atomic E-state index is -0.166. The molecule has 1 aromatic carbocycles. The second-order valence-electron chi connectivity index (χ2n) is 5.56. The molecule has 0 bridgehead atoms. The van der Waals surface area contributed by atoms with E-state index in [4.69, 9.17) is 4.74 Å². The van der Waals surface area contributed by atoms with Gasteiger partial charge in [-0.05, 0) is 38.1 Å². The van der Waals surface area contributed by atoms with E-state index in [0.717, 1.165) is 0 Å². The van der Waals surface area contributed by atoms with Crippen LogP contribution in [0.15, 0.2) is 24.3 Å². The Morgan fingerprint density at radius 2 is 1.79 bits per heavy atom. The van der Waals surface area contributed by atoms with Crippen LogP contribution in [-0.2, 0) is 9.53 Å². The predicted molar refractivity (Wildman–Crippen MR) is 78.0 cm³/mol. The molecule has 3 nitrogen and oxygen atoms in total. The van der Waals surface area contributed by atoms with Crippen molar-refractivity contribution in [2.24, 2.45) is 11.8 Å². The van der Waals surface area contributed by atoms with E-state index < -0.39 is 0 Å². The van der Waals surface area contributed by atoms with E-state index >= 15 is 0 Å². The van der Waals surface area contributed by atoms with E-state index in [1.807, 2.05) is 26.2 Å². The summed E-state index contributed by atoms with van der Waals surface area (Å²) >= 11 is 0. The van der Waals surface area contributed by atoms with Crippen LogP contribution < -0.4 is 0 Å². The normalized spacial score (nSPS) is 14.5. The first kappa shape index (κ1) is 15.7. The van der Waals surface area contributed by atoms with Crippen molar-refractivity contribution >= 4 is 5.97 Å². The minimum absolute atomic E-state index is 0.0358. The summed E-state index contributed by atoms with van der Waals surface area (Å²) in [7, 11) is 5.48. The van der Waals surface area contributed by atoms with E-state index in [1.165, 1.54) is 18.2 Å². The Morgan fingerprint density at radius 1 is 1.21 bits per heavy atom. The van der Waals surface area contributed by atoms with Crippen molar-refractivity contribution in [2.75, 3.05) is 21.2 Å². The van der Waals surface area contributed by atoms with Gasteiger partial charge in [-0.3, -0.25) is 4.79 Å². The summed E-state index contributed by atoms with van der Waals surface area (Å²) in [5, 5.41) is 0. The molecule has 0 N–H and O–H groups in total. The van der Waals surface area contributed by atoms with Gasteiger partial charge >= 0.3 is 5.97 Å². The number of rotatable bonds is 5. The number of aryl methyl sites for hydroxylation is 1. The van der Waals surface area contributed by atoms with Crippen LogP contribution in [0.4, 0.5) is 0 Å². The Hall–Kier alpha value is -1.35. The Morgan fingerprint density at radius 3 is 2.21 bits per heavy atom. The lowest BCUT2D eigenvalue weighted by atomic mass is 9.82. The minimum Gasteiger partial charge on any atom is -0.469 e. The molecule has 0 spiro atoms. The number of carbonyl (C=O) groups is 1. The molecule has 0 radical (unpaired) electrons. The smallest absolute Gasteiger partial charge is 0.310 e. The fourth-order valence-corrected chi connectivity index (χ4v) is 2.61. The van der Waals surface area contributed by atoms with Crippen molar-refractivity contribution in [3.8, 4) is 0 Å². The average Bonchev–Trinajstić information content (AvgIpc) is 2.35. The highest BCUT2D eigenvalue weighted by Crippen LogP contribution is 2.34. The monoisotopic (exact) mass is 263 g/mol. The third-order valence-electron chi connectivity index (χ3n) is 3.60. The summed E-state index contributed by atoms with van der Waals surface area (Å²) in [6.07, 6.45) is 0. The van der Waals surface area contributed by atoms with Crippen LogP contribution in [0, 0.1) is 18.8 Å². The standard InChI is InChI=1S/C16H25NO2/c1-11(2)14(16(18)19-6)15(17(4)5)13-10-8-7-9-12(13)3/h7-11,14-15H,1-6H3. The van der Waals surface area contributed by atoms with Gasteiger partial charge in [0.15, 0.2) is 0 Å². The first-order chi connectivity index (χ1) is 8.90. The fraction of sp³-hybridized carbons (Fsp3) is 0.562. The predicted octanol–water partition coefficient (Wildman–Crippen LogP) is 3.04. The van der Waals surface area contributed by atoms with Crippen LogP contribution in [-0.4, -0.2) is 32.1 Å². The molecule has 106 valence electrons. The van der Waals surface area contributed by atoms with E-state index in [2.05, 4.69) is 37.8 Å². The molecule has 0 fully saturated rings. The fourth-order valence-electron chi connectivity index (χ4n) is 2.61. The largest absolute Gasteiger partial charge is 0.469 e.